The monoisotopic (exact) mass is 385 g/mol. The van der Waals surface area contributed by atoms with Crippen molar-refractivity contribution in [2.45, 2.75) is 38.0 Å². The molecule has 1 aromatic heterocycles. The van der Waals surface area contributed by atoms with Gasteiger partial charge < -0.3 is 19.7 Å². The molecule has 152 valence electrons. The number of rotatable bonds is 8. The van der Waals surface area contributed by atoms with Crippen molar-refractivity contribution in [1.82, 2.24) is 14.8 Å². The summed E-state index contributed by atoms with van der Waals surface area (Å²) >= 11 is 0. The van der Waals surface area contributed by atoms with Crippen molar-refractivity contribution in [3.05, 3.63) is 59.4 Å². The third-order valence-electron chi connectivity index (χ3n) is 5.44. The second-order valence-corrected chi connectivity index (χ2v) is 7.44. The first-order valence-electron chi connectivity index (χ1n) is 10.0. The number of benzene rings is 1. The normalized spacial score (nSPS) is 18.8. The number of hydrogen-bond acceptors (Lipinski definition) is 4. The van der Waals surface area contributed by atoms with Crippen LogP contribution >= 0.6 is 0 Å². The number of amides is 1. The van der Waals surface area contributed by atoms with Crippen LogP contribution < -0.4 is 5.32 Å². The number of carbonyl (C=O) groups excluding carboxylic acids is 1. The van der Waals surface area contributed by atoms with E-state index in [2.05, 4.69) is 10.2 Å². The lowest BCUT2D eigenvalue weighted by Crippen LogP contribution is -2.41. The second-order valence-electron chi connectivity index (χ2n) is 7.44. The summed E-state index contributed by atoms with van der Waals surface area (Å²) in [4.78, 5) is 14.3. The van der Waals surface area contributed by atoms with E-state index in [9.17, 15) is 9.90 Å². The minimum Gasteiger partial charge on any atom is -0.389 e. The van der Waals surface area contributed by atoms with Crippen molar-refractivity contribution in [3.8, 4) is 0 Å². The van der Waals surface area contributed by atoms with E-state index in [0.29, 0.717) is 25.5 Å². The molecule has 1 fully saturated rings. The average Bonchev–Trinajstić information content (AvgIpc) is 3.10. The summed E-state index contributed by atoms with van der Waals surface area (Å²) in [6, 6.07) is 14.1. The van der Waals surface area contributed by atoms with E-state index in [4.69, 9.17) is 4.74 Å². The summed E-state index contributed by atoms with van der Waals surface area (Å²) in [6.07, 6.45) is 2.77. The summed E-state index contributed by atoms with van der Waals surface area (Å²) < 4.78 is 7.68. The highest BCUT2D eigenvalue weighted by atomic mass is 16.5. The first-order chi connectivity index (χ1) is 13.6. The number of piperidine rings is 1. The molecule has 0 bridgehead atoms. The maximum atomic E-state index is 12.0. The van der Waals surface area contributed by atoms with Gasteiger partial charge in [0.2, 0.25) is 0 Å². The molecule has 0 aliphatic carbocycles. The third-order valence-corrected chi connectivity index (χ3v) is 5.44. The fourth-order valence-corrected chi connectivity index (χ4v) is 3.97. The Balaban J connectivity index is 1.58. The predicted octanol–water partition coefficient (Wildman–Crippen LogP) is 2.49. The summed E-state index contributed by atoms with van der Waals surface area (Å²) in [5.41, 5.74) is 2.89. The number of likely N-dealkylation sites (tertiary alicyclic amines) is 1. The van der Waals surface area contributed by atoms with Crippen molar-refractivity contribution in [2.24, 2.45) is 7.05 Å². The molecule has 3 rings (SSSR count). The molecule has 0 spiro atoms. The molecule has 28 heavy (non-hydrogen) atoms. The molecule has 1 aliphatic heterocycles. The van der Waals surface area contributed by atoms with E-state index in [0.717, 1.165) is 37.1 Å². The summed E-state index contributed by atoms with van der Waals surface area (Å²) in [5.74, 6) is -0.0783. The van der Waals surface area contributed by atoms with E-state index < -0.39 is 6.10 Å². The topological polar surface area (TPSA) is 66.7 Å². The fraction of sp³-hybridized carbons (Fsp3) is 0.500. The molecule has 2 aromatic rings. The van der Waals surface area contributed by atoms with Gasteiger partial charge in [-0.15, -0.1) is 0 Å². The Morgan fingerprint density at radius 2 is 2.04 bits per heavy atom. The van der Waals surface area contributed by atoms with Crippen LogP contribution in [-0.2, 0) is 18.4 Å². The zero-order valence-electron chi connectivity index (χ0n) is 16.8. The molecule has 0 saturated carbocycles. The molecule has 6 heteroatoms. The third kappa shape index (κ3) is 5.01. The summed E-state index contributed by atoms with van der Waals surface area (Å²) in [6.45, 7) is 2.34. The fourth-order valence-electron chi connectivity index (χ4n) is 3.97. The zero-order valence-corrected chi connectivity index (χ0v) is 16.8. The maximum Gasteiger partial charge on any atom is 0.267 e. The maximum absolute atomic E-state index is 12.0. The number of aliphatic hydroxyl groups is 1. The van der Waals surface area contributed by atoms with Gasteiger partial charge >= 0.3 is 0 Å². The summed E-state index contributed by atoms with van der Waals surface area (Å²) in [7, 11) is 3.58. The highest BCUT2D eigenvalue weighted by Crippen LogP contribution is 2.31. The van der Waals surface area contributed by atoms with E-state index in [-0.39, 0.29) is 11.9 Å². The molecule has 6 nitrogen and oxygen atoms in total. The smallest absolute Gasteiger partial charge is 0.267 e. The molecule has 1 aliphatic rings. The molecular weight excluding hydrogens is 354 g/mol. The lowest BCUT2D eigenvalue weighted by molar-refractivity contribution is -0.00450. The number of aliphatic hydroxyl groups excluding tert-OH is 1. The molecule has 0 unspecified atom stereocenters. The Labute approximate surface area is 167 Å². The van der Waals surface area contributed by atoms with Crippen molar-refractivity contribution in [1.29, 1.82) is 0 Å². The van der Waals surface area contributed by atoms with Gasteiger partial charge in [-0.05, 0) is 37.1 Å². The van der Waals surface area contributed by atoms with Crippen LogP contribution in [0.4, 0.5) is 0 Å². The van der Waals surface area contributed by atoms with E-state index in [1.165, 1.54) is 0 Å². The lowest BCUT2D eigenvalue weighted by Gasteiger charge is -2.37. The Kier molecular flexibility index (Phi) is 7.25. The number of nitrogens with one attached hydrogen (secondary N) is 1. The van der Waals surface area contributed by atoms with Gasteiger partial charge in [-0.2, -0.15) is 0 Å². The van der Waals surface area contributed by atoms with Crippen LogP contribution in [0.3, 0.4) is 0 Å². The van der Waals surface area contributed by atoms with Gasteiger partial charge in [-0.3, -0.25) is 9.69 Å². The number of hydrogen-bond donors (Lipinski definition) is 2. The summed E-state index contributed by atoms with van der Waals surface area (Å²) in [5, 5.41) is 13.2. The number of ether oxygens (including phenoxy) is 1. The number of aromatic nitrogens is 1. The minimum atomic E-state index is -0.539. The minimum absolute atomic E-state index is 0.0783. The highest BCUT2D eigenvalue weighted by Gasteiger charge is 2.28. The van der Waals surface area contributed by atoms with Gasteiger partial charge in [0.25, 0.3) is 5.91 Å². The van der Waals surface area contributed by atoms with Crippen LogP contribution in [0.2, 0.25) is 0 Å². The van der Waals surface area contributed by atoms with Gasteiger partial charge in [0.1, 0.15) is 5.69 Å². The SMILES string of the molecule is CNC(=O)c1ccc([C@@H]2CCCCN2C[C@@H](O)COCc2ccccc2)n1C. The van der Waals surface area contributed by atoms with Crippen LogP contribution in [-0.4, -0.2) is 53.3 Å². The highest BCUT2D eigenvalue weighted by molar-refractivity contribution is 5.92. The lowest BCUT2D eigenvalue weighted by atomic mass is 9.99. The first kappa shape index (κ1) is 20.6. The molecule has 2 atom stereocenters. The van der Waals surface area contributed by atoms with Crippen LogP contribution in [0.25, 0.3) is 0 Å². The molecule has 2 heterocycles. The molecule has 1 aromatic carbocycles. The van der Waals surface area contributed by atoms with Crippen LogP contribution in [0, 0.1) is 0 Å². The van der Waals surface area contributed by atoms with Crippen molar-refractivity contribution >= 4 is 5.91 Å². The predicted molar refractivity (Wildman–Crippen MR) is 109 cm³/mol. The first-order valence-corrected chi connectivity index (χ1v) is 10.0. The number of carbonyl (C=O) groups is 1. The Bertz CT molecular complexity index is 760. The molecule has 1 saturated heterocycles. The largest absolute Gasteiger partial charge is 0.389 e. The van der Waals surface area contributed by atoms with Gasteiger partial charge in [-0.25, -0.2) is 0 Å². The van der Waals surface area contributed by atoms with Gasteiger partial charge in [-0.1, -0.05) is 36.8 Å². The van der Waals surface area contributed by atoms with E-state index >= 15 is 0 Å². The Morgan fingerprint density at radius 1 is 1.25 bits per heavy atom. The molecular formula is C22H31N3O3. The number of β-amino-alcohol motifs (C(OH)–C–C–N with tert-alkyl or cyclic N) is 1. The Morgan fingerprint density at radius 3 is 2.79 bits per heavy atom. The van der Waals surface area contributed by atoms with Crippen LogP contribution in [0.5, 0.6) is 0 Å². The van der Waals surface area contributed by atoms with Crippen molar-refractivity contribution in [3.63, 3.8) is 0 Å². The van der Waals surface area contributed by atoms with Crippen molar-refractivity contribution in [2.75, 3.05) is 26.7 Å². The standard InChI is InChI=1S/C22H31N3O3/c1-23-22(27)21-12-11-19(24(21)2)20-10-6-7-13-25(20)14-18(26)16-28-15-17-8-4-3-5-9-17/h3-5,8-9,11-12,18,20,26H,6-7,10,13-16H2,1-2H3,(H,23,27)/t18-,20+/m1/s1. The van der Waals surface area contributed by atoms with E-state index in [1.54, 1.807) is 7.05 Å². The van der Waals surface area contributed by atoms with E-state index in [1.807, 2.05) is 54.1 Å². The van der Waals surface area contributed by atoms with Crippen LogP contribution in [0.1, 0.15) is 47.1 Å². The second kappa shape index (κ2) is 9.87. The number of nitrogens with zero attached hydrogens (tertiary/aromatic N) is 2. The van der Waals surface area contributed by atoms with Crippen LogP contribution in [0.15, 0.2) is 42.5 Å². The zero-order chi connectivity index (χ0) is 19.9. The van der Waals surface area contributed by atoms with Gasteiger partial charge in [0.15, 0.2) is 0 Å². The quantitative estimate of drug-likeness (QED) is 0.733. The van der Waals surface area contributed by atoms with Crippen molar-refractivity contribution < 1.29 is 14.6 Å². The molecule has 1 amide bonds. The van der Waals surface area contributed by atoms with Gasteiger partial charge in [0, 0.05) is 26.3 Å². The average molecular weight is 386 g/mol. The molecule has 2 N–H and O–H groups in total. The van der Waals surface area contributed by atoms with Gasteiger partial charge in [0.05, 0.1) is 25.4 Å². The molecule has 0 radical (unpaired) electrons. The Hall–Kier alpha value is -2.15.